The number of hydrogen-bond donors (Lipinski definition) is 2. The second-order valence-corrected chi connectivity index (χ2v) is 4.10. The third-order valence-corrected chi connectivity index (χ3v) is 2.43. The first-order valence-electron chi connectivity index (χ1n) is 5.32. The van der Waals surface area contributed by atoms with Crippen molar-refractivity contribution >= 4 is 28.9 Å². The van der Waals surface area contributed by atoms with E-state index in [2.05, 4.69) is 15.3 Å². The quantitative estimate of drug-likeness (QED) is 0.888. The van der Waals surface area contributed by atoms with Crippen LogP contribution in [0.2, 0.25) is 5.02 Å². The van der Waals surface area contributed by atoms with Crippen molar-refractivity contribution in [3.8, 4) is 0 Å². The molecule has 0 aliphatic heterocycles. The first-order valence-corrected chi connectivity index (χ1v) is 5.70. The van der Waals surface area contributed by atoms with Crippen molar-refractivity contribution in [3.63, 3.8) is 0 Å². The molecular formula is C12H13ClN4O. The number of nitrogens with zero attached hydrogens (tertiary/aromatic N) is 2. The van der Waals surface area contributed by atoms with Gasteiger partial charge in [-0.15, -0.1) is 0 Å². The fraction of sp³-hybridized carbons (Fsp3) is 0.167. The van der Waals surface area contributed by atoms with Crippen molar-refractivity contribution in [2.75, 3.05) is 18.2 Å². The van der Waals surface area contributed by atoms with Crippen molar-refractivity contribution in [2.45, 2.75) is 6.61 Å². The maximum Gasteiger partial charge on any atom is 0.158 e. The molecule has 0 fully saturated rings. The Morgan fingerprint density at radius 2 is 2.00 bits per heavy atom. The summed E-state index contributed by atoms with van der Waals surface area (Å²) in [5, 5.41) is 3.81. The summed E-state index contributed by atoms with van der Waals surface area (Å²) in [6.07, 6.45) is 0. The molecule has 0 saturated carbocycles. The van der Waals surface area contributed by atoms with E-state index < -0.39 is 0 Å². The molecule has 5 nitrogen and oxygen atoms in total. The second kappa shape index (κ2) is 5.66. The Balaban J connectivity index is 2.20. The van der Waals surface area contributed by atoms with Gasteiger partial charge < -0.3 is 15.8 Å². The van der Waals surface area contributed by atoms with Crippen LogP contribution in [0.5, 0.6) is 0 Å². The van der Waals surface area contributed by atoms with Crippen molar-refractivity contribution in [1.82, 2.24) is 9.97 Å². The number of benzene rings is 1. The number of halogens is 1. The van der Waals surface area contributed by atoms with Crippen LogP contribution in [-0.2, 0) is 11.3 Å². The number of nitrogens with two attached hydrogens (primary N) is 1. The molecule has 0 unspecified atom stereocenters. The molecule has 3 N–H and O–H groups in total. The number of ether oxygens (including phenoxy) is 1. The summed E-state index contributed by atoms with van der Waals surface area (Å²) < 4.78 is 4.98. The van der Waals surface area contributed by atoms with Crippen LogP contribution < -0.4 is 11.1 Å². The molecule has 2 aromatic rings. The number of anilines is 3. The van der Waals surface area contributed by atoms with Crippen LogP contribution in [-0.4, -0.2) is 17.1 Å². The lowest BCUT2D eigenvalue weighted by Gasteiger charge is -2.08. The van der Waals surface area contributed by atoms with Gasteiger partial charge >= 0.3 is 0 Å². The molecule has 0 radical (unpaired) electrons. The third-order valence-electron chi connectivity index (χ3n) is 2.18. The minimum absolute atomic E-state index is 0.320. The zero-order valence-corrected chi connectivity index (χ0v) is 10.6. The van der Waals surface area contributed by atoms with Gasteiger partial charge in [0.2, 0.25) is 0 Å². The van der Waals surface area contributed by atoms with Crippen LogP contribution in [0, 0.1) is 0 Å². The zero-order valence-electron chi connectivity index (χ0n) is 9.85. The average Bonchev–Trinajstić information content (AvgIpc) is 2.32. The van der Waals surface area contributed by atoms with Gasteiger partial charge in [-0.3, -0.25) is 0 Å². The summed E-state index contributed by atoms with van der Waals surface area (Å²) in [5.74, 6) is 1.55. The molecule has 2 rings (SSSR count). The monoisotopic (exact) mass is 264 g/mol. The van der Waals surface area contributed by atoms with E-state index >= 15 is 0 Å². The summed E-state index contributed by atoms with van der Waals surface area (Å²) in [6.45, 7) is 0.320. The summed E-state index contributed by atoms with van der Waals surface area (Å²) in [5.41, 5.74) is 6.58. The number of methoxy groups -OCH3 is 1. The minimum atomic E-state index is 0.320. The van der Waals surface area contributed by atoms with E-state index in [1.807, 2.05) is 12.1 Å². The van der Waals surface area contributed by atoms with Crippen molar-refractivity contribution in [2.24, 2.45) is 0 Å². The first kappa shape index (κ1) is 12.6. The van der Waals surface area contributed by atoms with Gasteiger partial charge in [0.25, 0.3) is 0 Å². The number of nitrogens with one attached hydrogen (secondary N) is 1. The van der Waals surface area contributed by atoms with Crippen LogP contribution in [0.15, 0.2) is 30.3 Å². The zero-order chi connectivity index (χ0) is 13.0. The lowest BCUT2D eigenvalue weighted by atomic mass is 10.3. The van der Waals surface area contributed by atoms with Gasteiger partial charge in [-0.05, 0) is 24.3 Å². The Hall–Kier alpha value is -1.85. The lowest BCUT2D eigenvalue weighted by molar-refractivity contribution is 0.178. The summed E-state index contributed by atoms with van der Waals surface area (Å²) in [7, 11) is 1.58. The van der Waals surface area contributed by atoms with Crippen LogP contribution >= 0.6 is 11.6 Å². The van der Waals surface area contributed by atoms with E-state index in [1.54, 1.807) is 25.3 Å². The molecule has 6 heteroatoms. The SMILES string of the molecule is COCc1nc(N)cc(Nc2ccc(Cl)cc2)n1. The van der Waals surface area contributed by atoms with Gasteiger partial charge in [0.15, 0.2) is 5.82 Å². The molecule has 1 aromatic heterocycles. The second-order valence-electron chi connectivity index (χ2n) is 3.66. The van der Waals surface area contributed by atoms with Crippen molar-refractivity contribution in [1.29, 1.82) is 0 Å². The molecule has 0 atom stereocenters. The van der Waals surface area contributed by atoms with Crippen LogP contribution in [0.25, 0.3) is 0 Å². The van der Waals surface area contributed by atoms with Gasteiger partial charge in [-0.2, -0.15) is 0 Å². The predicted molar refractivity (Wildman–Crippen MR) is 71.9 cm³/mol. The molecule has 0 bridgehead atoms. The van der Waals surface area contributed by atoms with E-state index in [1.165, 1.54) is 0 Å². The van der Waals surface area contributed by atoms with E-state index in [4.69, 9.17) is 22.1 Å². The summed E-state index contributed by atoms with van der Waals surface area (Å²) in [4.78, 5) is 8.34. The highest BCUT2D eigenvalue weighted by Crippen LogP contribution is 2.18. The third kappa shape index (κ3) is 3.32. The van der Waals surface area contributed by atoms with Gasteiger partial charge in [-0.25, -0.2) is 9.97 Å². The van der Waals surface area contributed by atoms with Crippen LogP contribution in [0.1, 0.15) is 5.82 Å². The van der Waals surface area contributed by atoms with Crippen LogP contribution in [0.3, 0.4) is 0 Å². The molecular weight excluding hydrogens is 252 g/mol. The first-order chi connectivity index (χ1) is 8.67. The van der Waals surface area contributed by atoms with Crippen molar-refractivity contribution < 1.29 is 4.74 Å². The molecule has 0 saturated heterocycles. The van der Waals surface area contributed by atoms with E-state index in [0.29, 0.717) is 29.1 Å². The largest absolute Gasteiger partial charge is 0.384 e. The molecule has 18 heavy (non-hydrogen) atoms. The predicted octanol–water partition coefficient (Wildman–Crippen LogP) is 2.60. The molecule has 0 amide bonds. The Labute approximate surface area is 110 Å². The van der Waals surface area contributed by atoms with Crippen LogP contribution in [0.4, 0.5) is 17.3 Å². The van der Waals surface area contributed by atoms with Gasteiger partial charge in [0.1, 0.15) is 18.2 Å². The summed E-state index contributed by atoms with van der Waals surface area (Å²) in [6, 6.07) is 8.97. The molecule has 0 spiro atoms. The van der Waals surface area contributed by atoms with Gasteiger partial charge in [0, 0.05) is 23.9 Å². The highest BCUT2D eigenvalue weighted by Gasteiger charge is 2.03. The lowest BCUT2D eigenvalue weighted by Crippen LogP contribution is -2.04. The standard InChI is InChI=1S/C12H13ClN4O/c1-18-7-12-16-10(14)6-11(17-12)15-9-4-2-8(13)3-5-9/h2-6H,7H2,1H3,(H3,14,15,16,17). The topological polar surface area (TPSA) is 73.1 Å². The van der Waals surface area contributed by atoms with Gasteiger partial charge in [-0.1, -0.05) is 11.6 Å². The number of hydrogen-bond acceptors (Lipinski definition) is 5. The molecule has 1 heterocycles. The average molecular weight is 265 g/mol. The fourth-order valence-corrected chi connectivity index (χ4v) is 1.58. The Bertz CT molecular complexity index is 530. The maximum atomic E-state index is 5.82. The number of aromatic nitrogens is 2. The number of nitrogen functional groups attached to an aromatic ring is 1. The fourth-order valence-electron chi connectivity index (χ4n) is 1.46. The Morgan fingerprint density at radius 3 is 2.67 bits per heavy atom. The highest BCUT2D eigenvalue weighted by molar-refractivity contribution is 6.30. The molecule has 1 aromatic carbocycles. The van der Waals surface area contributed by atoms with Crippen molar-refractivity contribution in [3.05, 3.63) is 41.2 Å². The Morgan fingerprint density at radius 1 is 1.28 bits per heavy atom. The van der Waals surface area contributed by atoms with Gasteiger partial charge in [0.05, 0.1) is 0 Å². The highest BCUT2D eigenvalue weighted by atomic mass is 35.5. The van der Waals surface area contributed by atoms with E-state index in [9.17, 15) is 0 Å². The molecule has 94 valence electrons. The van der Waals surface area contributed by atoms with E-state index in [-0.39, 0.29) is 0 Å². The molecule has 0 aliphatic rings. The molecule has 0 aliphatic carbocycles. The van der Waals surface area contributed by atoms with E-state index in [0.717, 1.165) is 5.69 Å². The summed E-state index contributed by atoms with van der Waals surface area (Å²) >= 11 is 5.82. The minimum Gasteiger partial charge on any atom is -0.384 e. The Kier molecular flexibility index (Phi) is 3.96. The number of rotatable bonds is 4. The smallest absolute Gasteiger partial charge is 0.158 e. The maximum absolute atomic E-state index is 5.82. The normalized spacial score (nSPS) is 10.3.